The smallest absolute Gasteiger partial charge is 0.250 e. The molecule has 1 amide bonds. The van der Waals surface area contributed by atoms with E-state index < -0.39 is 0 Å². The van der Waals surface area contributed by atoms with E-state index in [9.17, 15) is 4.79 Å². The molecule has 0 aliphatic carbocycles. The Labute approximate surface area is 138 Å². The predicted molar refractivity (Wildman–Crippen MR) is 93.9 cm³/mol. The second-order valence-corrected chi connectivity index (χ2v) is 6.54. The molecule has 2 rings (SSSR count). The van der Waals surface area contributed by atoms with Crippen molar-refractivity contribution in [2.75, 3.05) is 12.9 Å². The minimum Gasteiger partial charge on any atom is -0.497 e. The van der Waals surface area contributed by atoms with Crippen molar-refractivity contribution in [3.63, 3.8) is 0 Å². The number of carbonyl (C=O) groups is 1. The second kappa shape index (κ2) is 8.60. The second-order valence-electron chi connectivity index (χ2n) is 4.60. The van der Waals surface area contributed by atoms with Crippen molar-refractivity contribution in [1.82, 2.24) is 5.43 Å². The van der Waals surface area contributed by atoms with Gasteiger partial charge in [-0.2, -0.15) is 5.10 Å². The Kier molecular flexibility index (Phi) is 6.48. The number of thiophene rings is 1. The van der Waals surface area contributed by atoms with Crippen molar-refractivity contribution in [1.29, 1.82) is 0 Å². The fourth-order valence-corrected chi connectivity index (χ4v) is 3.26. The lowest BCUT2D eigenvalue weighted by molar-refractivity contribution is -0.118. The molecule has 2 aromatic rings. The number of thioether (sulfide) groups is 1. The summed E-state index contributed by atoms with van der Waals surface area (Å²) in [5, 5.41) is 5.98. The van der Waals surface area contributed by atoms with Crippen LogP contribution in [-0.2, 0) is 10.5 Å². The van der Waals surface area contributed by atoms with Crippen LogP contribution >= 0.6 is 23.1 Å². The molecule has 1 heterocycles. The Morgan fingerprint density at radius 1 is 1.36 bits per heavy atom. The molecule has 0 saturated heterocycles. The molecule has 0 radical (unpaired) electrons. The number of methoxy groups -OCH3 is 1. The van der Waals surface area contributed by atoms with Crippen molar-refractivity contribution in [2.45, 2.75) is 12.7 Å². The van der Waals surface area contributed by atoms with E-state index in [2.05, 4.69) is 10.5 Å². The van der Waals surface area contributed by atoms with Gasteiger partial charge in [-0.05, 0) is 41.6 Å². The van der Waals surface area contributed by atoms with Crippen molar-refractivity contribution in [3.05, 3.63) is 51.7 Å². The lowest BCUT2D eigenvalue weighted by Gasteiger charge is -2.03. The van der Waals surface area contributed by atoms with E-state index in [1.54, 1.807) is 36.4 Å². The standard InChI is InChI=1S/C16H18N2O2S2/c1-12-7-8-22-15(12)9-17-18-16(19)11-21-10-13-3-5-14(20-2)6-4-13/h3-9H,10-11H2,1-2H3,(H,18,19). The first-order valence-electron chi connectivity index (χ1n) is 6.75. The van der Waals surface area contributed by atoms with Gasteiger partial charge in [0.15, 0.2) is 0 Å². The summed E-state index contributed by atoms with van der Waals surface area (Å²) in [6.07, 6.45) is 1.69. The quantitative estimate of drug-likeness (QED) is 0.623. The van der Waals surface area contributed by atoms with Crippen LogP contribution in [0.15, 0.2) is 40.8 Å². The number of carbonyl (C=O) groups excluding carboxylic acids is 1. The maximum Gasteiger partial charge on any atom is 0.250 e. The number of rotatable bonds is 7. The number of hydrogen-bond donors (Lipinski definition) is 1. The number of hydrazone groups is 1. The van der Waals surface area contributed by atoms with Gasteiger partial charge < -0.3 is 4.74 Å². The van der Waals surface area contributed by atoms with Crippen LogP contribution in [0, 0.1) is 6.92 Å². The topological polar surface area (TPSA) is 50.7 Å². The summed E-state index contributed by atoms with van der Waals surface area (Å²) in [7, 11) is 1.65. The number of ether oxygens (including phenoxy) is 1. The fraction of sp³-hybridized carbons (Fsp3) is 0.250. The molecule has 0 fully saturated rings. The number of nitrogens with one attached hydrogen (secondary N) is 1. The highest BCUT2D eigenvalue weighted by Crippen LogP contribution is 2.16. The molecule has 0 unspecified atom stereocenters. The number of benzene rings is 1. The highest BCUT2D eigenvalue weighted by Gasteiger charge is 2.01. The van der Waals surface area contributed by atoms with E-state index in [1.807, 2.05) is 42.6 Å². The zero-order chi connectivity index (χ0) is 15.8. The maximum atomic E-state index is 11.7. The van der Waals surface area contributed by atoms with E-state index in [4.69, 9.17) is 4.74 Å². The number of hydrogen-bond acceptors (Lipinski definition) is 5. The average Bonchev–Trinajstić information content (AvgIpc) is 2.93. The summed E-state index contributed by atoms with van der Waals surface area (Å²) in [5.74, 6) is 1.91. The molecule has 0 atom stereocenters. The first-order valence-corrected chi connectivity index (χ1v) is 8.79. The van der Waals surface area contributed by atoms with E-state index in [1.165, 1.54) is 0 Å². The van der Waals surface area contributed by atoms with Gasteiger partial charge >= 0.3 is 0 Å². The Morgan fingerprint density at radius 2 is 2.14 bits per heavy atom. The highest BCUT2D eigenvalue weighted by molar-refractivity contribution is 7.99. The molecule has 0 spiro atoms. The van der Waals surface area contributed by atoms with Crippen LogP contribution in [0.4, 0.5) is 0 Å². The van der Waals surface area contributed by atoms with Gasteiger partial charge in [0, 0.05) is 10.6 Å². The van der Waals surface area contributed by atoms with Crippen LogP contribution < -0.4 is 10.2 Å². The average molecular weight is 334 g/mol. The SMILES string of the molecule is COc1ccc(CSCC(=O)NN=Cc2sccc2C)cc1. The normalized spacial score (nSPS) is 10.8. The first-order chi connectivity index (χ1) is 10.7. The molecule has 0 saturated carbocycles. The number of amides is 1. The molecule has 0 bridgehead atoms. The first kappa shape index (κ1) is 16.6. The van der Waals surface area contributed by atoms with Gasteiger partial charge in [-0.1, -0.05) is 12.1 Å². The molecule has 22 heavy (non-hydrogen) atoms. The molecule has 116 valence electrons. The van der Waals surface area contributed by atoms with Crippen LogP contribution in [0.2, 0.25) is 0 Å². The lowest BCUT2D eigenvalue weighted by atomic mass is 10.2. The molecule has 4 nitrogen and oxygen atoms in total. The minimum atomic E-state index is -0.0935. The van der Waals surface area contributed by atoms with Crippen molar-refractivity contribution in [2.24, 2.45) is 5.10 Å². The van der Waals surface area contributed by atoms with Crippen LogP contribution in [-0.4, -0.2) is 25.0 Å². The number of aryl methyl sites for hydroxylation is 1. The Balaban J connectivity index is 1.69. The molecule has 6 heteroatoms. The van der Waals surface area contributed by atoms with Crippen molar-refractivity contribution >= 4 is 35.2 Å². The third-order valence-electron chi connectivity index (χ3n) is 2.93. The van der Waals surface area contributed by atoms with Gasteiger partial charge in [-0.25, -0.2) is 5.43 Å². The Bertz CT molecular complexity index is 636. The molecule has 1 aromatic carbocycles. The molecular weight excluding hydrogens is 316 g/mol. The molecule has 0 aliphatic heterocycles. The summed E-state index contributed by atoms with van der Waals surface area (Å²) in [6, 6.07) is 9.87. The Morgan fingerprint density at radius 3 is 2.77 bits per heavy atom. The van der Waals surface area contributed by atoms with Crippen LogP contribution in [0.25, 0.3) is 0 Å². The largest absolute Gasteiger partial charge is 0.497 e. The van der Waals surface area contributed by atoms with Gasteiger partial charge in [-0.3, -0.25) is 4.79 Å². The van der Waals surface area contributed by atoms with Crippen molar-refractivity contribution < 1.29 is 9.53 Å². The van der Waals surface area contributed by atoms with Gasteiger partial charge in [0.1, 0.15) is 5.75 Å². The minimum absolute atomic E-state index is 0.0935. The highest BCUT2D eigenvalue weighted by atomic mass is 32.2. The fourth-order valence-electron chi connectivity index (χ4n) is 1.70. The van der Waals surface area contributed by atoms with E-state index in [0.717, 1.165) is 27.5 Å². The molecule has 0 aliphatic rings. The van der Waals surface area contributed by atoms with Crippen molar-refractivity contribution in [3.8, 4) is 5.75 Å². The molecule has 1 aromatic heterocycles. The predicted octanol–water partition coefficient (Wildman–Crippen LogP) is 3.45. The summed E-state index contributed by atoms with van der Waals surface area (Å²) in [5.41, 5.74) is 4.88. The van der Waals surface area contributed by atoms with Crippen LogP contribution in [0.1, 0.15) is 16.0 Å². The van der Waals surface area contributed by atoms with E-state index in [-0.39, 0.29) is 5.91 Å². The van der Waals surface area contributed by atoms with E-state index in [0.29, 0.717) is 5.75 Å². The third kappa shape index (κ3) is 5.20. The van der Waals surface area contributed by atoms with E-state index >= 15 is 0 Å². The summed E-state index contributed by atoms with van der Waals surface area (Å²) < 4.78 is 5.11. The zero-order valence-electron chi connectivity index (χ0n) is 12.5. The third-order valence-corrected chi connectivity index (χ3v) is 4.89. The summed E-state index contributed by atoms with van der Waals surface area (Å²) in [6.45, 7) is 2.02. The maximum absolute atomic E-state index is 11.7. The molecule has 1 N–H and O–H groups in total. The summed E-state index contributed by atoms with van der Waals surface area (Å²) in [4.78, 5) is 12.7. The monoisotopic (exact) mass is 334 g/mol. The summed E-state index contributed by atoms with van der Waals surface area (Å²) >= 11 is 3.16. The molecular formula is C16H18N2O2S2. The van der Waals surface area contributed by atoms with Gasteiger partial charge in [0.25, 0.3) is 0 Å². The van der Waals surface area contributed by atoms with Gasteiger partial charge in [0.05, 0.1) is 19.1 Å². The van der Waals surface area contributed by atoms with Crippen LogP contribution in [0.5, 0.6) is 5.75 Å². The zero-order valence-corrected chi connectivity index (χ0v) is 14.2. The lowest BCUT2D eigenvalue weighted by Crippen LogP contribution is -2.19. The Hall–Kier alpha value is -1.79. The van der Waals surface area contributed by atoms with Gasteiger partial charge in [0.2, 0.25) is 5.91 Å². The number of nitrogens with zero attached hydrogens (tertiary/aromatic N) is 1. The van der Waals surface area contributed by atoms with Gasteiger partial charge in [-0.15, -0.1) is 23.1 Å². The van der Waals surface area contributed by atoms with Crippen LogP contribution in [0.3, 0.4) is 0 Å².